The van der Waals surface area contributed by atoms with E-state index in [0.717, 1.165) is 34.7 Å². The van der Waals surface area contributed by atoms with Crippen LogP contribution in [0.5, 0.6) is 5.75 Å². The van der Waals surface area contributed by atoms with Gasteiger partial charge in [0.25, 0.3) is 5.91 Å². The molecule has 0 spiro atoms. The van der Waals surface area contributed by atoms with Crippen molar-refractivity contribution >= 4 is 17.2 Å². The minimum absolute atomic E-state index is 0.0359. The molecule has 4 saturated carbocycles. The number of hydrogen-bond donors (Lipinski definition) is 1. The average Bonchev–Trinajstić information content (AvgIpc) is 3.14. The van der Waals surface area contributed by atoms with E-state index in [0.29, 0.717) is 17.8 Å². The molecule has 0 unspecified atom stereocenters. The van der Waals surface area contributed by atoms with Crippen molar-refractivity contribution in [2.24, 2.45) is 23.2 Å². The Morgan fingerprint density at radius 1 is 1.11 bits per heavy atom. The van der Waals surface area contributed by atoms with Gasteiger partial charge in [0.05, 0.1) is 4.88 Å². The molecule has 0 aliphatic heterocycles. The highest BCUT2D eigenvalue weighted by atomic mass is 32.1. The zero-order valence-electron chi connectivity index (χ0n) is 16.0. The molecule has 4 bridgehead atoms. The van der Waals surface area contributed by atoms with Crippen molar-refractivity contribution in [1.29, 1.82) is 0 Å². The Kier molecular flexibility index (Phi) is 4.66. The van der Waals surface area contributed by atoms with Crippen molar-refractivity contribution in [3.05, 3.63) is 52.0 Å². The quantitative estimate of drug-likeness (QED) is 0.705. The minimum Gasteiger partial charge on any atom is -0.489 e. The molecule has 28 heavy (non-hydrogen) atoms. The van der Waals surface area contributed by atoms with E-state index in [-0.39, 0.29) is 11.7 Å². The number of carbonyl (C=O) groups is 1. The molecule has 6 rings (SSSR count). The molecule has 1 aromatic heterocycles. The van der Waals surface area contributed by atoms with E-state index in [9.17, 15) is 9.18 Å². The van der Waals surface area contributed by atoms with Crippen LogP contribution in [-0.4, -0.2) is 12.5 Å². The standard InChI is InChI=1S/C23H26FNO2S/c24-19-1-3-20(4-2-19)27-12-18-8-21(28-13-18)22(26)25-14-23-9-15-5-16(10-23)7-17(6-15)11-23/h1-4,8,13,15-17H,5-7,9-12,14H2,(H,25,26). The second-order valence-electron chi connectivity index (χ2n) is 9.16. The van der Waals surface area contributed by atoms with Crippen LogP contribution in [0.1, 0.15) is 53.8 Å². The number of ether oxygens (including phenoxy) is 1. The Balaban J connectivity index is 1.16. The lowest BCUT2D eigenvalue weighted by atomic mass is 9.49. The lowest BCUT2D eigenvalue weighted by molar-refractivity contribution is -0.0503. The zero-order chi connectivity index (χ0) is 19.1. The molecule has 1 amide bonds. The Morgan fingerprint density at radius 2 is 1.75 bits per heavy atom. The number of amides is 1. The summed E-state index contributed by atoms with van der Waals surface area (Å²) in [6.07, 6.45) is 8.20. The maximum Gasteiger partial charge on any atom is 0.261 e. The van der Waals surface area contributed by atoms with Crippen molar-refractivity contribution in [2.75, 3.05) is 6.54 Å². The van der Waals surface area contributed by atoms with Gasteiger partial charge in [0, 0.05) is 12.1 Å². The number of carbonyl (C=O) groups excluding carboxylic acids is 1. The topological polar surface area (TPSA) is 38.3 Å². The molecule has 1 aromatic carbocycles. The minimum atomic E-state index is -0.277. The Bertz CT molecular complexity index is 824. The molecule has 1 heterocycles. The summed E-state index contributed by atoms with van der Waals surface area (Å²) in [6.45, 7) is 1.21. The van der Waals surface area contributed by atoms with Crippen LogP contribution in [0.25, 0.3) is 0 Å². The van der Waals surface area contributed by atoms with Gasteiger partial charge in [-0.15, -0.1) is 11.3 Å². The van der Waals surface area contributed by atoms with E-state index in [1.165, 1.54) is 62.0 Å². The lowest BCUT2D eigenvalue weighted by Gasteiger charge is -2.56. The highest BCUT2D eigenvalue weighted by molar-refractivity contribution is 7.12. The first-order valence-corrected chi connectivity index (χ1v) is 11.2. The van der Waals surface area contributed by atoms with E-state index in [2.05, 4.69) is 5.32 Å². The zero-order valence-corrected chi connectivity index (χ0v) is 16.8. The molecule has 0 saturated heterocycles. The van der Waals surface area contributed by atoms with Crippen molar-refractivity contribution < 1.29 is 13.9 Å². The van der Waals surface area contributed by atoms with Gasteiger partial charge in [-0.2, -0.15) is 0 Å². The number of hydrogen-bond acceptors (Lipinski definition) is 3. The Labute approximate surface area is 169 Å². The Morgan fingerprint density at radius 3 is 2.39 bits per heavy atom. The molecule has 4 fully saturated rings. The van der Waals surface area contributed by atoms with E-state index in [1.54, 1.807) is 12.1 Å². The predicted octanol–water partition coefficient (Wildman–Crippen LogP) is 5.41. The first kappa shape index (κ1) is 18.2. The normalized spacial score (nSPS) is 30.4. The van der Waals surface area contributed by atoms with Crippen molar-refractivity contribution in [2.45, 2.75) is 45.1 Å². The molecule has 4 aliphatic carbocycles. The van der Waals surface area contributed by atoms with Crippen LogP contribution in [-0.2, 0) is 6.61 Å². The van der Waals surface area contributed by atoms with Crippen LogP contribution < -0.4 is 10.1 Å². The van der Waals surface area contributed by atoms with Crippen LogP contribution in [0.3, 0.4) is 0 Å². The van der Waals surface area contributed by atoms with E-state index in [4.69, 9.17) is 4.74 Å². The third-order valence-electron chi connectivity index (χ3n) is 6.89. The second-order valence-corrected chi connectivity index (χ2v) is 10.1. The maximum atomic E-state index is 13.0. The largest absolute Gasteiger partial charge is 0.489 e. The van der Waals surface area contributed by atoms with Crippen LogP contribution >= 0.6 is 11.3 Å². The molecule has 0 atom stereocenters. The van der Waals surface area contributed by atoms with E-state index < -0.39 is 0 Å². The third kappa shape index (κ3) is 3.69. The van der Waals surface area contributed by atoms with Gasteiger partial charge >= 0.3 is 0 Å². The molecule has 1 N–H and O–H groups in total. The number of halogens is 1. The van der Waals surface area contributed by atoms with Gasteiger partial charge in [0.2, 0.25) is 0 Å². The van der Waals surface area contributed by atoms with Crippen molar-refractivity contribution in [3.8, 4) is 5.75 Å². The summed E-state index contributed by atoms with van der Waals surface area (Å²) < 4.78 is 18.6. The van der Waals surface area contributed by atoms with Crippen LogP contribution in [0.2, 0.25) is 0 Å². The average molecular weight is 400 g/mol. The van der Waals surface area contributed by atoms with Crippen LogP contribution in [0.15, 0.2) is 35.7 Å². The third-order valence-corrected chi connectivity index (χ3v) is 7.86. The van der Waals surface area contributed by atoms with Crippen molar-refractivity contribution in [1.82, 2.24) is 5.32 Å². The summed E-state index contributed by atoms with van der Waals surface area (Å²) >= 11 is 1.46. The molecule has 4 aliphatic rings. The van der Waals surface area contributed by atoms with Crippen LogP contribution in [0.4, 0.5) is 4.39 Å². The van der Waals surface area contributed by atoms with Crippen molar-refractivity contribution in [3.63, 3.8) is 0 Å². The number of rotatable bonds is 6. The molecule has 2 aromatic rings. The van der Waals surface area contributed by atoms with Crippen LogP contribution in [0, 0.1) is 29.0 Å². The molecule has 3 nitrogen and oxygen atoms in total. The number of benzene rings is 1. The molecular formula is C23H26FNO2S. The molecule has 0 radical (unpaired) electrons. The fourth-order valence-electron chi connectivity index (χ4n) is 6.13. The molecular weight excluding hydrogens is 373 g/mol. The first-order chi connectivity index (χ1) is 13.6. The highest BCUT2D eigenvalue weighted by Crippen LogP contribution is 2.59. The second kappa shape index (κ2) is 7.18. The first-order valence-electron chi connectivity index (χ1n) is 10.3. The van der Waals surface area contributed by atoms with Gasteiger partial charge in [-0.25, -0.2) is 4.39 Å². The lowest BCUT2D eigenvalue weighted by Crippen LogP contribution is -2.51. The van der Waals surface area contributed by atoms with Gasteiger partial charge in [-0.05, 0) is 97.4 Å². The fraction of sp³-hybridized carbons (Fsp3) is 0.522. The summed E-state index contributed by atoms with van der Waals surface area (Å²) in [5.41, 5.74) is 1.32. The van der Waals surface area contributed by atoms with E-state index in [1.807, 2.05) is 11.4 Å². The predicted molar refractivity (Wildman–Crippen MR) is 108 cm³/mol. The number of nitrogens with one attached hydrogen (secondary N) is 1. The van der Waals surface area contributed by atoms with Gasteiger partial charge in [0.15, 0.2) is 0 Å². The summed E-state index contributed by atoms with van der Waals surface area (Å²) in [5.74, 6) is 3.09. The fourth-order valence-corrected chi connectivity index (χ4v) is 6.94. The summed E-state index contributed by atoms with van der Waals surface area (Å²) in [5, 5.41) is 5.20. The maximum absolute atomic E-state index is 13.0. The van der Waals surface area contributed by atoms with Gasteiger partial charge in [-0.1, -0.05) is 0 Å². The van der Waals surface area contributed by atoms with Gasteiger partial charge in [0.1, 0.15) is 18.2 Å². The molecule has 148 valence electrons. The SMILES string of the molecule is O=C(NCC12CC3CC(CC(C3)C1)C2)c1cc(COc2ccc(F)cc2)cs1. The van der Waals surface area contributed by atoms with Gasteiger partial charge < -0.3 is 10.1 Å². The smallest absolute Gasteiger partial charge is 0.261 e. The number of thiophene rings is 1. The van der Waals surface area contributed by atoms with E-state index >= 15 is 0 Å². The summed E-state index contributed by atoms with van der Waals surface area (Å²) in [7, 11) is 0. The monoisotopic (exact) mass is 399 g/mol. The summed E-state index contributed by atoms with van der Waals surface area (Å²) in [4.78, 5) is 13.4. The van der Waals surface area contributed by atoms with Gasteiger partial charge in [-0.3, -0.25) is 4.79 Å². The Hall–Kier alpha value is -1.88. The summed E-state index contributed by atoms with van der Waals surface area (Å²) in [6, 6.07) is 7.89. The highest BCUT2D eigenvalue weighted by Gasteiger charge is 2.50. The molecule has 5 heteroatoms.